The summed E-state index contributed by atoms with van der Waals surface area (Å²) in [6.07, 6.45) is 3.63. The lowest BCUT2D eigenvalue weighted by Gasteiger charge is -2.35. The van der Waals surface area contributed by atoms with Crippen molar-refractivity contribution in [3.63, 3.8) is 0 Å². The van der Waals surface area contributed by atoms with Gasteiger partial charge in [-0.15, -0.1) is 0 Å². The highest BCUT2D eigenvalue weighted by Crippen LogP contribution is 2.45. The minimum Gasteiger partial charge on any atom is -0.398 e. The van der Waals surface area contributed by atoms with Crippen molar-refractivity contribution in [1.82, 2.24) is 0 Å². The van der Waals surface area contributed by atoms with Crippen LogP contribution in [0.25, 0.3) is 16.0 Å². The number of allylic oxidation sites excluding steroid dienone is 1. The van der Waals surface area contributed by atoms with E-state index in [1.807, 2.05) is 0 Å². The first-order valence-corrected chi connectivity index (χ1v) is 28.0. The van der Waals surface area contributed by atoms with Crippen LogP contribution >= 0.6 is 0 Å². The molecule has 3 aromatic rings. The quantitative estimate of drug-likeness (QED) is 0.250. The molecule has 5 heteroatoms. The highest BCUT2D eigenvalue weighted by atomic mass is 28.3. The third-order valence-electron chi connectivity index (χ3n) is 8.18. The second kappa shape index (κ2) is 9.21. The van der Waals surface area contributed by atoms with Crippen LogP contribution in [0.4, 0.5) is 5.69 Å². The van der Waals surface area contributed by atoms with E-state index in [9.17, 15) is 0 Å². The SMILES string of the molecule is C[Si](C)(C)C1=CC[C@@H](c2c(N)cc([Si](C)(C)C)c3cc([Si](C)(C)C)ccc23)c2ccc([Si](C)(C)C)cc21. The Morgan fingerprint density at radius 1 is 0.622 bits per heavy atom. The van der Waals surface area contributed by atoms with Gasteiger partial charge in [-0.25, -0.2) is 0 Å². The molecule has 0 saturated carbocycles. The molecule has 0 heterocycles. The fourth-order valence-corrected chi connectivity index (χ4v) is 11.6. The molecule has 0 aromatic heterocycles. The van der Waals surface area contributed by atoms with Crippen LogP contribution in [0.15, 0.2) is 48.5 Å². The molecule has 0 amide bonds. The van der Waals surface area contributed by atoms with Crippen molar-refractivity contribution >= 4 is 69.5 Å². The summed E-state index contributed by atoms with van der Waals surface area (Å²) in [7, 11) is -5.93. The van der Waals surface area contributed by atoms with E-state index in [-0.39, 0.29) is 0 Å². The summed E-state index contributed by atoms with van der Waals surface area (Å²) in [6.45, 7) is 29.6. The standard InChI is InChI=1S/C32H49NSi4/c1-34(2,3)22-13-15-24-25(17-18-30(27(24)19-22)36(7,8)9)32-26-16-14-23(35(4,5)6)20-28(26)31(21-29(32)33)37(10,11)12/h13-16,18-21,25H,17,33H2,1-12H3/t25-/m1/s1. The van der Waals surface area contributed by atoms with Gasteiger partial charge in [0.25, 0.3) is 0 Å². The van der Waals surface area contributed by atoms with Crippen molar-refractivity contribution in [3.05, 3.63) is 65.2 Å². The Labute approximate surface area is 230 Å². The van der Waals surface area contributed by atoms with Gasteiger partial charge in [-0.2, -0.15) is 0 Å². The smallest absolute Gasteiger partial charge is 0.0785 e. The summed E-state index contributed by atoms with van der Waals surface area (Å²) >= 11 is 0. The summed E-state index contributed by atoms with van der Waals surface area (Å²) in [6, 6.07) is 17.2. The van der Waals surface area contributed by atoms with Gasteiger partial charge >= 0.3 is 0 Å². The second-order valence-corrected chi connectivity index (χ2v) is 35.6. The number of anilines is 1. The van der Waals surface area contributed by atoms with Gasteiger partial charge in [-0.05, 0) is 39.9 Å². The van der Waals surface area contributed by atoms with Gasteiger partial charge in [-0.1, -0.05) is 142 Å². The van der Waals surface area contributed by atoms with Crippen molar-refractivity contribution in [2.75, 3.05) is 5.73 Å². The first kappa shape index (κ1) is 28.3. The number of fused-ring (bicyclic) bond motifs is 2. The molecule has 0 radical (unpaired) electrons. The van der Waals surface area contributed by atoms with Crippen LogP contribution in [-0.4, -0.2) is 32.3 Å². The molecule has 1 nitrogen and oxygen atoms in total. The Balaban J connectivity index is 2.04. The van der Waals surface area contributed by atoms with Gasteiger partial charge in [0.05, 0.1) is 32.3 Å². The maximum Gasteiger partial charge on any atom is 0.0785 e. The van der Waals surface area contributed by atoms with Crippen LogP contribution < -0.4 is 21.3 Å². The van der Waals surface area contributed by atoms with Crippen molar-refractivity contribution < 1.29 is 0 Å². The molecule has 198 valence electrons. The molecule has 0 saturated heterocycles. The molecule has 3 aromatic carbocycles. The number of hydrogen-bond donors (Lipinski definition) is 1. The minimum absolute atomic E-state index is 0.307. The molecule has 0 unspecified atom stereocenters. The van der Waals surface area contributed by atoms with Crippen LogP contribution in [0.2, 0.25) is 78.6 Å². The molecule has 0 fully saturated rings. The average molecular weight is 560 g/mol. The molecular weight excluding hydrogens is 511 g/mol. The third-order valence-corrected chi connectivity index (χ3v) is 16.4. The van der Waals surface area contributed by atoms with Gasteiger partial charge < -0.3 is 5.73 Å². The Morgan fingerprint density at radius 2 is 1.19 bits per heavy atom. The number of rotatable bonds is 5. The number of nitrogen functional groups attached to an aromatic ring is 1. The highest BCUT2D eigenvalue weighted by molar-refractivity contribution is 6.94. The lowest BCUT2D eigenvalue weighted by molar-refractivity contribution is 0.827. The minimum atomic E-state index is -1.59. The van der Waals surface area contributed by atoms with Crippen molar-refractivity contribution in [2.45, 2.75) is 90.9 Å². The summed E-state index contributed by atoms with van der Waals surface area (Å²) in [5, 5.41) is 9.08. The number of benzene rings is 3. The fourth-order valence-electron chi connectivity index (χ4n) is 5.96. The van der Waals surface area contributed by atoms with Gasteiger partial charge in [-0.3, -0.25) is 0 Å². The van der Waals surface area contributed by atoms with E-state index in [0.29, 0.717) is 5.92 Å². The van der Waals surface area contributed by atoms with E-state index in [4.69, 9.17) is 5.73 Å². The van der Waals surface area contributed by atoms with Crippen LogP contribution in [0, 0.1) is 0 Å². The summed E-state index contributed by atoms with van der Waals surface area (Å²) in [5.74, 6) is 0.307. The van der Waals surface area contributed by atoms with Gasteiger partial charge in [0.15, 0.2) is 0 Å². The van der Waals surface area contributed by atoms with E-state index in [0.717, 1.165) is 12.1 Å². The van der Waals surface area contributed by atoms with Crippen LogP contribution in [0.3, 0.4) is 0 Å². The number of nitrogens with two attached hydrogens (primary N) is 1. The lowest BCUT2D eigenvalue weighted by atomic mass is 9.79. The third kappa shape index (κ3) is 5.42. The highest BCUT2D eigenvalue weighted by Gasteiger charge is 2.34. The summed E-state index contributed by atoms with van der Waals surface area (Å²) in [5.41, 5.74) is 12.4. The van der Waals surface area contributed by atoms with Crippen LogP contribution in [0.1, 0.15) is 29.0 Å². The molecule has 2 N–H and O–H groups in total. The number of hydrogen-bond acceptors (Lipinski definition) is 1. The maximum absolute atomic E-state index is 7.04. The molecule has 1 aliphatic rings. The van der Waals surface area contributed by atoms with Crippen molar-refractivity contribution in [2.24, 2.45) is 0 Å². The molecule has 0 spiro atoms. The largest absolute Gasteiger partial charge is 0.398 e. The van der Waals surface area contributed by atoms with Crippen LogP contribution in [0.5, 0.6) is 0 Å². The normalized spacial score (nSPS) is 17.1. The Bertz CT molecular complexity index is 1390. The second-order valence-electron chi connectivity index (χ2n) is 15.4. The Hall–Kier alpha value is -1.67. The topological polar surface area (TPSA) is 26.0 Å². The van der Waals surface area contributed by atoms with Gasteiger partial charge in [0.1, 0.15) is 0 Å². The van der Waals surface area contributed by atoms with Crippen molar-refractivity contribution in [3.8, 4) is 0 Å². The van der Waals surface area contributed by atoms with Crippen molar-refractivity contribution in [1.29, 1.82) is 0 Å². The molecule has 4 rings (SSSR count). The van der Waals surface area contributed by atoms with E-state index in [1.54, 1.807) is 15.6 Å². The zero-order valence-electron chi connectivity index (χ0n) is 25.5. The fraction of sp³-hybridized carbons (Fsp3) is 0.438. The molecular formula is C32H49NSi4. The predicted octanol–water partition coefficient (Wildman–Crippen LogP) is 7.85. The molecule has 0 bridgehead atoms. The Kier molecular flexibility index (Phi) is 7.06. The van der Waals surface area contributed by atoms with Crippen LogP contribution in [-0.2, 0) is 0 Å². The summed E-state index contributed by atoms with van der Waals surface area (Å²) < 4.78 is 0. The monoisotopic (exact) mass is 559 g/mol. The summed E-state index contributed by atoms with van der Waals surface area (Å²) in [4.78, 5) is 0. The van der Waals surface area contributed by atoms with E-state index < -0.39 is 32.3 Å². The lowest BCUT2D eigenvalue weighted by Crippen LogP contribution is -2.41. The Morgan fingerprint density at radius 3 is 1.73 bits per heavy atom. The van der Waals surface area contributed by atoms with E-state index >= 15 is 0 Å². The van der Waals surface area contributed by atoms with Gasteiger partial charge in [0, 0.05) is 11.6 Å². The zero-order chi connectivity index (χ0) is 27.7. The maximum atomic E-state index is 7.04. The first-order chi connectivity index (χ1) is 16.8. The zero-order valence-corrected chi connectivity index (χ0v) is 29.5. The van der Waals surface area contributed by atoms with E-state index in [1.165, 1.54) is 32.6 Å². The average Bonchev–Trinajstić information content (AvgIpc) is 2.74. The predicted molar refractivity (Wildman–Crippen MR) is 182 cm³/mol. The molecule has 1 atom stereocenters. The van der Waals surface area contributed by atoms with E-state index in [2.05, 4.69) is 127 Å². The first-order valence-electron chi connectivity index (χ1n) is 14.0. The van der Waals surface area contributed by atoms with Gasteiger partial charge in [0.2, 0.25) is 0 Å². The molecule has 0 aliphatic heterocycles. The molecule has 1 aliphatic carbocycles. The molecule has 37 heavy (non-hydrogen) atoms.